The summed E-state index contributed by atoms with van der Waals surface area (Å²) in [5.74, 6) is 0.669. The maximum absolute atomic E-state index is 11.6. The minimum absolute atomic E-state index is 0.0868. The largest absolute Gasteiger partial charge is 0.380 e. The van der Waals surface area contributed by atoms with E-state index in [2.05, 4.69) is 5.32 Å². The highest BCUT2D eigenvalue weighted by Gasteiger charge is 2.20. The number of nitrogens with two attached hydrogens (primary N) is 1. The Bertz CT molecular complexity index is 213. The van der Waals surface area contributed by atoms with Gasteiger partial charge in [0.2, 0.25) is 5.91 Å². The topological polar surface area (TPSA) is 64.3 Å². The highest BCUT2D eigenvalue weighted by Crippen LogP contribution is 2.25. The van der Waals surface area contributed by atoms with E-state index >= 15 is 0 Å². The zero-order valence-corrected chi connectivity index (χ0v) is 10.4. The molecule has 0 aromatic carbocycles. The van der Waals surface area contributed by atoms with Crippen molar-refractivity contribution in [3.8, 4) is 0 Å². The van der Waals surface area contributed by atoms with E-state index in [9.17, 15) is 4.79 Å². The van der Waals surface area contributed by atoms with Gasteiger partial charge < -0.3 is 15.8 Å². The van der Waals surface area contributed by atoms with Crippen molar-refractivity contribution in [3.63, 3.8) is 0 Å². The number of carbonyl (C=O) groups is 1. The lowest BCUT2D eigenvalue weighted by atomic mass is 9.84. The Morgan fingerprint density at radius 3 is 2.62 bits per heavy atom. The second-order valence-electron chi connectivity index (χ2n) is 4.84. The molecular formula is C12H24N2O2. The van der Waals surface area contributed by atoms with Crippen LogP contribution in [-0.2, 0) is 9.53 Å². The van der Waals surface area contributed by atoms with E-state index in [0.29, 0.717) is 24.9 Å². The van der Waals surface area contributed by atoms with Crippen LogP contribution in [0.25, 0.3) is 0 Å². The van der Waals surface area contributed by atoms with Crippen LogP contribution in [0.15, 0.2) is 0 Å². The molecule has 16 heavy (non-hydrogen) atoms. The molecule has 1 fully saturated rings. The van der Waals surface area contributed by atoms with E-state index in [-0.39, 0.29) is 12.0 Å². The molecule has 1 aliphatic rings. The number of hydrogen-bond donors (Lipinski definition) is 2. The summed E-state index contributed by atoms with van der Waals surface area (Å²) in [5, 5.41) is 2.90. The maximum atomic E-state index is 11.6. The van der Waals surface area contributed by atoms with Gasteiger partial charge >= 0.3 is 0 Å². The van der Waals surface area contributed by atoms with Crippen LogP contribution >= 0.6 is 0 Å². The molecular weight excluding hydrogens is 204 g/mol. The van der Waals surface area contributed by atoms with Crippen molar-refractivity contribution < 1.29 is 9.53 Å². The summed E-state index contributed by atoms with van der Waals surface area (Å²) in [4.78, 5) is 11.6. The van der Waals surface area contributed by atoms with Crippen molar-refractivity contribution in [1.82, 2.24) is 5.32 Å². The summed E-state index contributed by atoms with van der Waals surface area (Å²) < 4.78 is 5.07. The first-order chi connectivity index (χ1) is 7.61. The van der Waals surface area contributed by atoms with Gasteiger partial charge in [-0.3, -0.25) is 4.79 Å². The highest BCUT2D eigenvalue weighted by molar-refractivity contribution is 5.76. The van der Waals surface area contributed by atoms with Crippen LogP contribution in [0.3, 0.4) is 0 Å². The molecule has 1 aliphatic carbocycles. The summed E-state index contributed by atoms with van der Waals surface area (Å²) in [6.45, 7) is 2.54. The number of ether oxygens (including phenoxy) is 1. The molecule has 0 aliphatic heterocycles. The van der Waals surface area contributed by atoms with E-state index in [1.165, 1.54) is 0 Å². The van der Waals surface area contributed by atoms with Gasteiger partial charge in [0.15, 0.2) is 0 Å². The normalized spacial score (nSPS) is 27.4. The average Bonchev–Trinajstić information content (AvgIpc) is 2.29. The number of nitrogens with one attached hydrogen (secondary N) is 1. The second kappa shape index (κ2) is 6.86. The van der Waals surface area contributed by atoms with Crippen LogP contribution in [0.1, 0.15) is 39.0 Å². The summed E-state index contributed by atoms with van der Waals surface area (Å²) in [7, 11) is 1.65. The van der Waals surface area contributed by atoms with Gasteiger partial charge in [0.25, 0.3) is 0 Å². The number of rotatable bonds is 5. The van der Waals surface area contributed by atoms with Crippen molar-refractivity contribution in [2.45, 2.75) is 51.2 Å². The van der Waals surface area contributed by atoms with Gasteiger partial charge in [-0.05, 0) is 38.5 Å². The van der Waals surface area contributed by atoms with Crippen LogP contribution in [0, 0.1) is 5.92 Å². The Morgan fingerprint density at radius 1 is 1.44 bits per heavy atom. The van der Waals surface area contributed by atoms with Crippen LogP contribution in [0.2, 0.25) is 0 Å². The van der Waals surface area contributed by atoms with Gasteiger partial charge in [-0.2, -0.15) is 0 Å². The van der Waals surface area contributed by atoms with E-state index in [4.69, 9.17) is 10.5 Å². The Labute approximate surface area is 97.9 Å². The Morgan fingerprint density at radius 2 is 2.06 bits per heavy atom. The average molecular weight is 228 g/mol. The zero-order chi connectivity index (χ0) is 12.0. The fourth-order valence-corrected chi connectivity index (χ4v) is 2.07. The van der Waals surface area contributed by atoms with Crippen molar-refractivity contribution in [1.29, 1.82) is 0 Å². The number of amides is 1. The summed E-state index contributed by atoms with van der Waals surface area (Å²) in [6, 6.07) is 0.354. The fourth-order valence-electron chi connectivity index (χ4n) is 2.07. The van der Waals surface area contributed by atoms with Crippen molar-refractivity contribution in [2.24, 2.45) is 11.7 Å². The summed E-state index contributed by atoms with van der Waals surface area (Å²) >= 11 is 0. The highest BCUT2D eigenvalue weighted by atomic mass is 16.5. The molecule has 1 atom stereocenters. The standard InChI is InChI=1S/C12H24N2O2/c1-9(16-2)8-14-12(15)7-10-3-5-11(13)6-4-10/h9-11H,3-8,13H2,1-2H3,(H,14,15). The van der Waals surface area contributed by atoms with Gasteiger partial charge in [-0.1, -0.05) is 0 Å². The number of methoxy groups -OCH3 is 1. The first-order valence-electron chi connectivity index (χ1n) is 6.17. The van der Waals surface area contributed by atoms with E-state index in [0.717, 1.165) is 25.7 Å². The third-order valence-corrected chi connectivity index (χ3v) is 3.35. The third-order valence-electron chi connectivity index (χ3n) is 3.35. The van der Waals surface area contributed by atoms with E-state index in [1.807, 2.05) is 6.92 Å². The lowest BCUT2D eigenvalue weighted by molar-refractivity contribution is -0.122. The summed E-state index contributed by atoms with van der Waals surface area (Å²) in [6.07, 6.45) is 5.04. The molecule has 0 spiro atoms. The number of hydrogen-bond acceptors (Lipinski definition) is 3. The molecule has 1 rings (SSSR count). The lowest BCUT2D eigenvalue weighted by Crippen LogP contribution is -2.34. The third kappa shape index (κ3) is 4.94. The van der Waals surface area contributed by atoms with Gasteiger partial charge in [-0.15, -0.1) is 0 Å². The lowest BCUT2D eigenvalue weighted by Gasteiger charge is -2.25. The fraction of sp³-hybridized carbons (Fsp3) is 0.917. The number of carbonyl (C=O) groups excluding carboxylic acids is 1. The Kier molecular flexibility index (Phi) is 5.77. The predicted octanol–water partition coefficient (Wildman–Crippen LogP) is 1.05. The Hall–Kier alpha value is -0.610. The molecule has 4 heteroatoms. The minimum atomic E-state index is 0.0868. The molecule has 94 valence electrons. The molecule has 0 aromatic rings. The molecule has 0 bridgehead atoms. The van der Waals surface area contributed by atoms with E-state index in [1.54, 1.807) is 7.11 Å². The molecule has 0 heterocycles. The first kappa shape index (κ1) is 13.5. The second-order valence-corrected chi connectivity index (χ2v) is 4.84. The van der Waals surface area contributed by atoms with Gasteiger partial charge in [0.05, 0.1) is 6.10 Å². The zero-order valence-electron chi connectivity index (χ0n) is 10.4. The maximum Gasteiger partial charge on any atom is 0.220 e. The molecule has 1 unspecified atom stereocenters. The van der Waals surface area contributed by atoms with Crippen LogP contribution < -0.4 is 11.1 Å². The SMILES string of the molecule is COC(C)CNC(=O)CC1CCC(N)CC1. The van der Waals surface area contributed by atoms with Crippen LogP contribution in [0.4, 0.5) is 0 Å². The minimum Gasteiger partial charge on any atom is -0.380 e. The van der Waals surface area contributed by atoms with Crippen LogP contribution in [0.5, 0.6) is 0 Å². The van der Waals surface area contributed by atoms with Gasteiger partial charge in [-0.25, -0.2) is 0 Å². The quantitative estimate of drug-likeness (QED) is 0.739. The van der Waals surface area contributed by atoms with Crippen molar-refractivity contribution in [3.05, 3.63) is 0 Å². The molecule has 0 radical (unpaired) electrons. The van der Waals surface area contributed by atoms with Gasteiger partial charge in [0.1, 0.15) is 0 Å². The monoisotopic (exact) mass is 228 g/mol. The van der Waals surface area contributed by atoms with Crippen molar-refractivity contribution >= 4 is 5.91 Å². The Balaban J connectivity index is 2.14. The van der Waals surface area contributed by atoms with Gasteiger partial charge in [0, 0.05) is 26.1 Å². The van der Waals surface area contributed by atoms with Crippen molar-refractivity contribution in [2.75, 3.05) is 13.7 Å². The smallest absolute Gasteiger partial charge is 0.220 e. The van der Waals surface area contributed by atoms with Crippen LogP contribution in [-0.4, -0.2) is 31.7 Å². The molecule has 1 saturated carbocycles. The molecule has 3 N–H and O–H groups in total. The molecule has 4 nitrogen and oxygen atoms in total. The molecule has 0 saturated heterocycles. The predicted molar refractivity (Wildman–Crippen MR) is 64.0 cm³/mol. The molecule has 1 amide bonds. The molecule has 0 aromatic heterocycles. The van der Waals surface area contributed by atoms with E-state index < -0.39 is 0 Å². The summed E-state index contributed by atoms with van der Waals surface area (Å²) in [5.41, 5.74) is 5.83. The first-order valence-corrected chi connectivity index (χ1v) is 6.17.